The molecule has 2 rings (SSSR count). The van der Waals surface area contributed by atoms with E-state index in [0.29, 0.717) is 0 Å². The number of nitrogens with two attached hydrogens (primary N) is 1. The van der Waals surface area contributed by atoms with Crippen LogP contribution in [0.2, 0.25) is 0 Å². The predicted octanol–water partition coefficient (Wildman–Crippen LogP) is 1.72. The van der Waals surface area contributed by atoms with Crippen molar-refractivity contribution in [2.75, 3.05) is 6.61 Å². The van der Waals surface area contributed by atoms with E-state index in [1.54, 1.807) is 30.3 Å². The molecule has 0 saturated heterocycles. The second-order valence-electron chi connectivity index (χ2n) is 5.97. The van der Waals surface area contributed by atoms with Crippen LogP contribution in [-0.2, 0) is 25.7 Å². The van der Waals surface area contributed by atoms with Crippen molar-refractivity contribution in [1.29, 1.82) is 0 Å². The highest BCUT2D eigenvalue weighted by molar-refractivity contribution is 5.98. The molecule has 152 valence electrons. The molecule has 1 atom stereocenters. The largest absolute Gasteiger partial charge is 0.456 e. The molecule has 2 aromatic rings. The molecule has 0 radical (unpaired) electrons. The van der Waals surface area contributed by atoms with Crippen LogP contribution in [0.4, 0.5) is 9.18 Å². The number of benzene rings is 2. The van der Waals surface area contributed by atoms with Gasteiger partial charge in [-0.3, -0.25) is 9.59 Å². The number of halogens is 1. The van der Waals surface area contributed by atoms with Gasteiger partial charge in [0.1, 0.15) is 18.5 Å². The van der Waals surface area contributed by atoms with E-state index in [9.17, 15) is 23.6 Å². The van der Waals surface area contributed by atoms with Gasteiger partial charge >= 0.3 is 12.1 Å². The first-order valence-corrected chi connectivity index (χ1v) is 8.56. The first kappa shape index (κ1) is 21.5. The van der Waals surface area contributed by atoms with Gasteiger partial charge in [-0.25, -0.2) is 14.0 Å². The SMILES string of the molecule is NC(=O)C[C@H](NC(=O)OCc1ccccc1)C(=O)OCC(=O)c1ccc(F)cc1. The zero-order chi connectivity index (χ0) is 21.2. The van der Waals surface area contributed by atoms with Crippen molar-refractivity contribution in [2.24, 2.45) is 5.73 Å². The summed E-state index contributed by atoms with van der Waals surface area (Å²) in [5.41, 5.74) is 5.96. The third kappa shape index (κ3) is 7.41. The van der Waals surface area contributed by atoms with Gasteiger partial charge in [-0.05, 0) is 29.8 Å². The number of rotatable bonds is 9. The number of carbonyl (C=O) groups is 4. The summed E-state index contributed by atoms with van der Waals surface area (Å²) >= 11 is 0. The Morgan fingerprint density at radius 2 is 1.62 bits per heavy atom. The molecule has 3 N–H and O–H groups in total. The Labute approximate surface area is 165 Å². The van der Waals surface area contributed by atoms with E-state index < -0.39 is 48.6 Å². The van der Waals surface area contributed by atoms with Gasteiger partial charge < -0.3 is 20.5 Å². The Morgan fingerprint density at radius 1 is 0.966 bits per heavy atom. The number of primary amides is 1. The summed E-state index contributed by atoms with van der Waals surface area (Å²) in [7, 11) is 0. The molecule has 8 nitrogen and oxygen atoms in total. The van der Waals surface area contributed by atoms with E-state index in [1.807, 2.05) is 0 Å². The average molecular weight is 402 g/mol. The van der Waals surface area contributed by atoms with Crippen LogP contribution in [0.5, 0.6) is 0 Å². The number of nitrogens with one attached hydrogen (secondary N) is 1. The molecule has 2 aromatic carbocycles. The van der Waals surface area contributed by atoms with E-state index in [0.717, 1.165) is 17.7 Å². The van der Waals surface area contributed by atoms with E-state index >= 15 is 0 Å². The van der Waals surface area contributed by atoms with Crippen LogP contribution >= 0.6 is 0 Å². The lowest BCUT2D eigenvalue weighted by Gasteiger charge is -2.16. The van der Waals surface area contributed by atoms with Crippen LogP contribution < -0.4 is 11.1 Å². The fraction of sp³-hybridized carbons (Fsp3) is 0.200. The van der Waals surface area contributed by atoms with Gasteiger partial charge in [0, 0.05) is 5.56 Å². The van der Waals surface area contributed by atoms with Crippen molar-refractivity contribution in [3.8, 4) is 0 Å². The fourth-order valence-corrected chi connectivity index (χ4v) is 2.26. The number of carbonyl (C=O) groups excluding carboxylic acids is 4. The molecular weight excluding hydrogens is 383 g/mol. The molecule has 0 bridgehead atoms. The van der Waals surface area contributed by atoms with Gasteiger partial charge in [0.05, 0.1) is 6.42 Å². The Hall–Kier alpha value is -3.75. The van der Waals surface area contributed by atoms with Crippen molar-refractivity contribution in [3.63, 3.8) is 0 Å². The van der Waals surface area contributed by atoms with Crippen LogP contribution in [0.3, 0.4) is 0 Å². The lowest BCUT2D eigenvalue weighted by Crippen LogP contribution is -2.44. The van der Waals surface area contributed by atoms with Crippen LogP contribution in [0.25, 0.3) is 0 Å². The number of ether oxygens (including phenoxy) is 2. The number of alkyl carbamates (subject to hydrolysis) is 1. The summed E-state index contributed by atoms with van der Waals surface area (Å²) in [5.74, 6) is -2.99. The number of ketones is 1. The lowest BCUT2D eigenvalue weighted by molar-refractivity contribution is -0.146. The van der Waals surface area contributed by atoms with Gasteiger partial charge in [-0.15, -0.1) is 0 Å². The van der Waals surface area contributed by atoms with Crippen LogP contribution in [0.15, 0.2) is 54.6 Å². The average Bonchev–Trinajstić information content (AvgIpc) is 2.70. The zero-order valence-electron chi connectivity index (χ0n) is 15.3. The van der Waals surface area contributed by atoms with Gasteiger partial charge in [0.25, 0.3) is 0 Å². The normalized spacial score (nSPS) is 11.2. The topological polar surface area (TPSA) is 125 Å². The standard InChI is InChI=1S/C20H19FN2O6/c21-15-8-6-14(7-9-15)17(24)12-28-19(26)16(10-18(22)25)23-20(27)29-11-13-4-2-1-3-5-13/h1-9,16H,10-12H2,(H2,22,25)(H,23,27)/t16-/m0/s1. The van der Waals surface area contributed by atoms with E-state index in [4.69, 9.17) is 15.2 Å². The van der Waals surface area contributed by atoms with Gasteiger partial charge in [-0.2, -0.15) is 0 Å². The molecule has 9 heteroatoms. The Kier molecular flexibility index (Phi) is 7.84. The van der Waals surface area contributed by atoms with Gasteiger partial charge in [-0.1, -0.05) is 30.3 Å². The maximum Gasteiger partial charge on any atom is 0.408 e. The van der Waals surface area contributed by atoms with Crippen molar-refractivity contribution in [2.45, 2.75) is 19.1 Å². The molecule has 0 heterocycles. The first-order chi connectivity index (χ1) is 13.8. The number of esters is 1. The Morgan fingerprint density at radius 3 is 2.24 bits per heavy atom. The second-order valence-corrected chi connectivity index (χ2v) is 5.97. The number of amides is 2. The summed E-state index contributed by atoms with van der Waals surface area (Å²) in [6.45, 7) is -0.700. The van der Waals surface area contributed by atoms with Crippen LogP contribution in [0, 0.1) is 5.82 Å². The monoisotopic (exact) mass is 402 g/mol. The molecule has 0 aliphatic heterocycles. The number of Topliss-reactive ketones (excluding diaryl/α,β-unsaturated/α-hetero) is 1. The van der Waals surface area contributed by atoms with Crippen LogP contribution in [0.1, 0.15) is 22.3 Å². The van der Waals surface area contributed by atoms with Crippen molar-refractivity contribution < 1.29 is 33.0 Å². The van der Waals surface area contributed by atoms with E-state index in [-0.39, 0.29) is 12.2 Å². The fourth-order valence-electron chi connectivity index (χ4n) is 2.26. The van der Waals surface area contributed by atoms with Gasteiger partial charge in [0.2, 0.25) is 5.91 Å². The molecule has 29 heavy (non-hydrogen) atoms. The summed E-state index contributed by atoms with van der Waals surface area (Å²) in [6, 6.07) is 12.1. The van der Waals surface area contributed by atoms with Crippen molar-refractivity contribution in [1.82, 2.24) is 5.32 Å². The number of hydrogen-bond acceptors (Lipinski definition) is 6. The minimum atomic E-state index is -1.42. The summed E-state index contributed by atoms with van der Waals surface area (Å²) < 4.78 is 22.7. The highest BCUT2D eigenvalue weighted by Crippen LogP contribution is 2.06. The first-order valence-electron chi connectivity index (χ1n) is 8.56. The molecular formula is C20H19FN2O6. The quantitative estimate of drug-likeness (QED) is 0.486. The third-order valence-corrected chi connectivity index (χ3v) is 3.71. The van der Waals surface area contributed by atoms with Crippen molar-refractivity contribution >= 4 is 23.8 Å². The molecule has 0 fully saturated rings. The molecule has 0 saturated carbocycles. The Balaban J connectivity index is 1.89. The maximum atomic E-state index is 12.9. The highest BCUT2D eigenvalue weighted by Gasteiger charge is 2.26. The number of hydrogen-bond donors (Lipinski definition) is 2. The minimum Gasteiger partial charge on any atom is -0.456 e. The van der Waals surface area contributed by atoms with E-state index in [2.05, 4.69) is 5.32 Å². The highest BCUT2D eigenvalue weighted by atomic mass is 19.1. The summed E-state index contributed by atoms with van der Waals surface area (Å²) in [4.78, 5) is 47.2. The molecule has 0 aliphatic carbocycles. The Bertz CT molecular complexity index is 870. The third-order valence-electron chi connectivity index (χ3n) is 3.71. The second kappa shape index (κ2) is 10.5. The zero-order valence-corrected chi connectivity index (χ0v) is 15.3. The molecule has 0 aromatic heterocycles. The predicted molar refractivity (Wildman–Crippen MR) is 99.1 cm³/mol. The van der Waals surface area contributed by atoms with E-state index in [1.165, 1.54) is 12.1 Å². The molecule has 0 unspecified atom stereocenters. The molecule has 2 amide bonds. The van der Waals surface area contributed by atoms with Gasteiger partial charge in [0.15, 0.2) is 12.4 Å². The summed E-state index contributed by atoms with van der Waals surface area (Å²) in [6.07, 6.45) is -1.49. The van der Waals surface area contributed by atoms with Crippen LogP contribution in [-0.4, -0.2) is 36.4 Å². The lowest BCUT2D eigenvalue weighted by atomic mass is 10.1. The van der Waals surface area contributed by atoms with Crippen molar-refractivity contribution in [3.05, 3.63) is 71.5 Å². The summed E-state index contributed by atoms with van der Waals surface area (Å²) in [5, 5.41) is 2.19. The molecule has 0 aliphatic rings. The maximum absolute atomic E-state index is 12.9. The smallest absolute Gasteiger partial charge is 0.408 e. The molecule has 0 spiro atoms. The minimum absolute atomic E-state index is 0.0476.